The Morgan fingerprint density at radius 3 is 2.46 bits per heavy atom. The Balaban J connectivity index is 2.53. The van der Waals surface area contributed by atoms with Crippen molar-refractivity contribution < 1.29 is 4.68 Å². The van der Waals surface area contributed by atoms with E-state index < -0.39 is 0 Å². The zero-order valence-electron chi connectivity index (χ0n) is 8.94. The van der Waals surface area contributed by atoms with Crippen molar-refractivity contribution >= 4 is 0 Å². The molecule has 0 atom stereocenters. The molecule has 1 aromatic heterocycles. The molecular formula is C9H19N4+. The third kappa shape index (κ3) is 3.53. The topological polar surface area (TPSA) is 34.6 Å². The van der Waals surface area contributed by atoms with Gasteiger partial charge in [0, 0.05) is 0 Å². The smallest absolute Gasteiger partial charge is 0.140 e. The number of hydrogen-bond acceptors (Lipinski definition) is 2. The van der Waals surface area contributed by atoms with Gasteiger partial charge < -0.3 is 0 Å². The molecule has 74 valence electrons. The van der Waals surface area contributed by atoms with Crippen LogP contribution in [0.1, 0.15) is 27.7 Å². The average molecular weight is 183 g/mol. The molecule has 0 unspecified atom stereocenters. The molecule has 0 aliphatic carbocycles. The molecule has 0 bridgehead atoms. The van der Waals surface area contributed by atoms with Gasteiger partial charge in [-0.25, -0.2) is 0 Å². The van der Waals surface area contributed by atoms with E-state index in [1.165, 1.54) is 0 Å². The van der Waals surface area contributed by atoms with E-state index in [0.717, 1.165) is 13.1 Å². The first-order valence-electron chi connectivity index (χ1n) is 4.87. The molecule has 1 rings (SSSR count). The maximum atomic E-state index is 4.04. The minimum atomic E-state index is 0.620. The summed E-state index contributed by atoms with van der Waals surface area (Å²) in [6.45, 7) is 10.6. The van der Waals surface area contributed by atoms with Crippen molar-refractivity contribution in [3.8, 4) is 0 Å². The summed E-state index contributed by atoms with van der Waals surface area (Å²) < 4.78 is 3.79. The fourth-order valence-electron chi connectivity index (χ4n) is 1.22. The molecular weight excluding hydrogens is 164 g/mol. The first kappa shape index (κ1) is 10.2. The number of rotatable bonds is 4. The highest BCUT2D eigenvalue weighted by atomic mass is 15.6. The van der Waals surface area contributed by atoms with Crippen molar-refractivity contribution in [2.45, 2.75) is 40.8 Å². The molecule has 1 heterocycles. The zero-order valence-corrected chi connectivity index (χ0v) is 8.94. The molecule has 4 heteroatoms. The lowest BCUT2D eigenvalue weighted by Crippen LogP contribution is -2.37. The molecule has 0 saturated heterocycles. The van der Waals surface area contributed by atoms with Crippen LogP contribution in [0.25, 0.3) is 0 Å². The molecule has 0 aliphatic heterocycles. The van der Waals surface area contributed by atoms with Crippen LogP contribution >= 0.6 is 0 Å². The second kappa shape index (κ2) is 4.35. The Morgan fingerprint density at radius 2 is 1.92 bits per heavy atom. The van der Waals surface area contributed by atoms with E-state index in [1.807, 2.05) is 15.7 Å². The zero-order chi connectivity index (χ0) is 9.84. The van der Waals surface area contributed by atoms with Crippen LogP contribution in [-0.4, -0.2) is 15.1 Å². The molecule has 13 heavy (non-hydrogen) atoms. The van der Waals surface area contributed by atoms with Gasteiger partial charge in [0.25, 0.3) is 0 Å². The van der Waals surface area contributed by atoms with Crippen LogP contribution in [0.5, 0.6) is 0 Å². The van der Waals surface area contributed by atoms with Crippen molar-refractivity contribution in [2.24, 2.45) is 11.8 Å². The van der Waals surface area contributed by atoms with Gasteiger partial charge >= 0.3 is 0 Å². The lowest BCUT2D eigenvalue weighted by molar-refractivity contribution is -0.759. The van der Waals surface area contributed by atoms with Crippen molar-refractivity contribution in [3.05, 3.63) is 6.33 Å². The minimum Gasteiger partial charge on any atom is -0.140 e. The van der Waals surface area contributed by atoms with Crippen molar-refractivity contribution in [1.29, 1.82) is 0 Å². The van der Waals surface area contributed by atoms with E-state index in [0.29, 0.717) is 11.8 Å². The summed E-state index contributed by atoms with van der Waals surface area (Å²) in [5.41, 5.74) is 0. The van der Waals surface area contributed by atoms with E-state index >= 15 is 0 Å². The first-order chi connectivity index (χ1) is 6.08. The lowest BCUT2D eigenvalue weighted by Gasteiger charge is -1.97. The van der Waals surface area contributed by atoms with E-state index in [1.54, 1.807) is 0 Å². The van der Waals surface area contributed by atoms with E-state index in [-0.39, 0.29) is 0 Å². The summed E-state index contributed by atoms with van der Waals surface area (Å²) in [7, 11) is 0. The second-order valence-electron chi connectivity index (χ2n) is 4.33. The van der Waals surface area contributed by atoms with Crippen LogP contribution in [0, 0.1) is 11.8 Å². The van der Waals surface area contributed by atoms with Crippen LogP contribution in [0.3, 0.4) is 0 Å². The largest absolute Gasteiger partial charge is 0.244 e. The van der Waals surface area contributed by atoms with Crippen LogP contribution in [0.15, 0.2) is 6.33 Å². The Hall–Kier alpha value is -0.930. The Labute approximate surface area is 79.5 Å². The average Bonchev–Trinajstić information content (AvgIpc) is 2.33. The maximum Gasteiger partial charge on any atom is 0.244 e. The Kier molecular flexibility index (Phi) is 3.39. The summed E-state index contributed by atoms with van der Waals surface area (Å²) in [6.07, 6.45) is 1.97. The van der Waals surface area contributed by atoms with Gasteiger partial charge in [-0.1, -0.05) is 32.4 Å². The molecule has 0 aromatic carbocycles. The number of hydrogen-bond donors (Lipinski definition) is 0. The van der Waals surface area contributed by atoms with Gasteiger partial charge in [-0.05, 0) is 11.8 Å². The van der Waals surface area contributed by atoms with Crippen LogP contribution in [0.2, 0.25) is 0 Å². The summed E-state index contributed by atoms with van der Waals surface area (Å²) in [5.74, 6) is 1.24. The molecule has 0 fully saturated rings. The van der Waals surface area contributed by atoms with Gasteiger partial charge in [-0.15, -0.1) is 4.68 Å². The van der Waals surface area contributed by atoms with Gasteiger partial charge in [0.2, 0.25) is 6.33 Å². The first-order valence-corrected chi connectivity index (χ1v) is 4.87. The van der Waals surface area contributed by atoms with Crippen LogP contribution in [-0.2, 0) is 13.1 Å². The summed E-state index contributed by atoms with van der Waals surface area (Å²) in [5, 5.41) is 8.08. The second-order valence-corrected chi connectivity index (χ2v) is 4.33. The molecule has 4 nitrogen and oxygen atoms in total. The summed E-state index contributed by atoms with van der Waals surface area (Å²) in [4.78, 5) is 0. The molecule has 0 N–H and O–H groups in total. The van der Waals surface area contributed by atoms with Crippen molar-refractivity contribution in [3.63, 3.8) is 0 Å². The van der Waals surface area contributed by atoms with Crippen molar-refractivity contribution in [2.75, 3.05) is 0 Å². The summed E-state index contributed by atoms with van der Waals surface area (Å²) in [6, 6.07) is 0. The maximum absolute atomic E-state index is 4.04. The minimum absolute atomic E-state index is 0.620. The highest BCUT2D eigenvalue weighted by molar-refractivity contribution is 4.45. The molecule has 0 radical (unpaired) electrons. The van der Waals surface area contributed by atoms with Crippen molar-refractivity contribution in [1.82, 2.24) is 15.1 Å². The van der Waals surface area contributed by atoms with Crippen LogP contribution in [0.4, 0.5) is 0 Å². The normalized spacial score (nSPS) is 11.5. The Morgan fingerprint density at radius 1 is 1.23 bits per heavy atom. The summed E-state index contributed by atoms with van der Waals surface area (Å²) >= 11 is 0. The molecule has 0 saturated carbocycles. The highest BCUT2D eigenvalue weighted by Crippen LogP contribution is 1.94. The van der Waals surface area contributed by atoms with E-state index in [4.69, 9.17) is 0 Å². The molecule has 1 aromatic rings. The number of tetrazole rings is 1. The molecule has 0 aliphatic rings. The third-order valence-corrected chi connectivity index (χ3v) is 1.64. The fraction of sp³-hybridized carbons (Fsp3) is 0.889. The van der Waals surface area contributed by atoms with E-state index in [2.05, 4.69) is 38.1 Å². The van der Waals surface area contributed by atoms with Gasteiger partial charge in [0.15, 0.2) is 5.21 Å². The number of aromatic nitrogens is 4. The van der Waals surface area contributed by atoms with Gasteiger partial charge in [0.1, 0.15) is 11.8 Å². The molecule has 0 spiro atoms. The molecule has 0 amide bonds. The van der Waals surface area contributed by atoms with Gasteiger partial charge in [-0.3, -0.25) is 0 Å². The van der Waals surface area contributed by atoms with Gasteiger partial charge in [0.05, 0.1) is 6.54 Å². The van der Waals surface area contributed by atoms with Crippen LogP contribution < -0.4 is 4.68 Å². The fourth-order valence-corrected chi connectivity index (χ4v) is 1.22. The predicted molar refractivity (Wildman–Crippen MR) is 49.9 cm³/mol. The SMILES string of the molecule is CC(C)Cn1c[n+](CC(C)C)nn1. The Bertz CT molecular complexity index is 227. The van der Waals surface area contributed by atoms with Gasteiger partial charge in [-0.2, -0.15) is 0 Å². The quantitative estimate of drug-likeness (QED) is 0.649. The lowest BCUT2D eigenvalue weighted by atomic mass is 10.2. The monoisotopic (exact) mass is 183 g/mol. The highest BCUT2D eigenvalue weighted by Gasteiger charge is 2.09. The number of nitrogens with zero attached hydrogens (tertiary/aromatic N) is 4. The standard InChI is InChI=1S/C9H19N4/c1-8(2)5-12-7-13(11-10-12)6-9(3)4/h7-9H,5-6H2,1-4H3/q+1. The third-order valence-electron chi connectivity index (χ3n) is 1.64. The van der Waals surface area contributed by atoms with E-state index in [9.17, 15) is 0 Å². The predicted octanol–water partition coefficient (Wildman–Crippen LogP) is 0.878.